The van der Waals surface area contributed by atoms with Gasteiger partial charge in [0.15, 0.2) is 0 Å². The minimum absolute atomic E-state index is 0.169. The summed E-state index contributed by atoms with van der Waals surface area (Å²) in [4.78, 5) is 12.1. The number of hydrogen-bond donors (Lipinski definition) is 0. The molecule has 0 saturated heterocycles. The van der Waals surface area contributed by atoms with Gasteiger partial charge in [-0.1, -0.05) is 46.5 Å². The Morgan fingerprint density at radius 2 is 1.78 bits per heavy atom. The van der Waals surface area contributed by atoms with E-state index in [-0.39, 0.29) is 17.6 Å². The zero-order chi connectivity index (χ0) is 17.7. The predicted octanol–water partition coefficient (Wildman–Crippen LogP) is 5.99. The number of esters is 1. The van der Waals surface area contributed by atoms with Crippen LogP contribution >= 0.6 is 11.8 Å². The second-order valence-corrected chi connectivity index (χ2v) is 7.62. The zero-order valence-corrected chi connectivity index (χ0v) is 15.4. The van der Waals surface area contributed by atoms with Gasteiger partial charge in [0, 0.05) is 6.42 Å². The maximum Gasteiger partial charge on any atom is 0.389 e. The van der Waals surface area contributed by atoms with E-state index in [1.165, 1.54) is 11.8 Å². The molecule has 0 aliphatic carbocycles. The minimum Gasteiger partial charge on any atom is -0.465 e. The summed E-state index contributed by atoms with van der Waals surface area (Å²) in [5.74, 6) is 0.850. The Hall–Kier alpha value is -0.390. The van der Waals surface area contributed by atoms with Crippen molar-refractivity contribution in [3.05, 3.63) is 0 Å². The number of halogens is 3. The lowest BCUT2D eigenvalue weighted by molar-refractivity contribution is -0.144. The van der Waals surface area contributed by atoms with E-state index in [0.29, 0.717) is 31.1 Å². The molecule has 0 fully saturated rings. The highest BCUT2D eigenvalue weighted by atomic mass is 32.2. The summed E-state index contributed by atoms with van der Waals surface area (Å²) in [6, 6.07) is 0. The van der Waals surface area contributed by atoms with Gasteiger partial charge < -0.3 is 4.74 Å². The van der Waals surface area contributed by atoms with Crippen molar-refractivity contribution in [1.82, 2.24) is 0 Å². The topological polar surface area (TPSA) is 26.3 Å². The molecule has 23 heavy (non-hydrogen) atoms. The lowest BCUT2D eigenvalue weighted by Gasteiger charge is -2.16. The molecule has 0 rings (SSSR count). The van der Waals surface area contributed by atoms with E-state index in [9.17, 15) is 18.0 Å². The molecule has 0 radical (unpaired) electrons. The molecule has 0 amide bonds. The molecule has 0 spiro atoms. The number of alkyl halides is 3. The van der Waals surface area contributed by atoms with Gasteiger partial charge in [-0.25, -0.2) is 0 Å². The van der Waals surface area contributed by atoms with Crippen molar-refractivity contribution in [3.8, 4) is 0 Å². The fourth-order valence-electron chi connectivity index (χ4n) is 2.02. The van der Waals surface area contributed by atoms with Gasteiger partial charge in [0.2, 0.25) is 0 Å². The highest BCUT2D eigenvalue weighted by Gasteiger charge is 2.26. The number of thioether (sulfide) groups is 1. The number of rotatable bonds is 13. The third kappa shape index (κ3) is 14.9. The fraction of sp³-hybridized carbons (Fsp3) is 0.941. The van der Waals surface area contributed by atoms with Crippen molar-refractivity contribution in [3.63, 3.8) is 0 Å². The van der Waals surface area contributed by atoms with Crippen molar-refractivity contribution in [2.75, 3.05) is 12.4 Å². The Labute approximate surface area is 142 Å². The van der Waals surface area contributed by atoms with Crippen LogP contribution in [0.4, 0.5) is 13.2 Å². The van der Waals surface area contributed by atoms with Gasteiger partial charge >= 0.3 is 12.1 Å². The molecular formula is C17H31F3O2S. The van der Waals surface area contributed by atoms with Gasteiger partial charge in [0.25, 0.3) is 0 Å². The summed E-state index contributed by atoms with van der Waals surface area (Å²) in [6.45, 7) is 6.52. The van der Waals surface area contributed by atoms with Crippen molar-refractivity contribution >= 4 is 17.7 Å². The van der Waals surface area contributed by atoms with E-state index in [4.69, 9.17) is 4.74 Å². The second-order valence-electron chi connectivity index (χ2n) is 6.30. The van der Waals surface area contributed by atoms with Crippen LogP contribution in [0, 0.1) is 5.92 Å². The van der Waals surface area contributed by atoms with E-state index >= 15 is 0 Å². The molecule has 0 aromatic rings. The summed E-state index contributed by atoms with van der Waals surface area (Å²) in [6.07, 6.45) is 0.609. The lowest BCUT2D eigenvalue weighted by atomic mass is 10.1. The smallest absolute Gasteiger partial charge is 0.389 e. The number of carbonyl (C=O) groups excluding carboxylic acids is 1. The van der Waals surface area contributed by atoms with Gasteiger partial charge in [-0.2, -0.15) is 13.2 Å². The number of carbonyl (C=O) groups is 1. The highest BCUT2D eigenvalue weighted by molar-refractivity contribution is 8.00. The van der Waals surface area contributed by atoms with Gasteiger partial charge in [-0.15, -0.1) is 11.8 Å². The number of unbranched alkanes of at least 4 members (excludes halogenated alkanes) is 4. The molecule has 0 aliphatic rings. The maximum absolute atomic E-state index is 12.1. The van der Waals surface area contributed by atoms with Crippen LogP contribution in [0.5, 0.6) is 0 Å². The summed E-state index contributed by atoms with van der Waals surface area (Å²) >= 11 is 1.53. The Kier molecular flexibility index (Phi) is 12.7. The van der Waals surface area contributed by atoms with Crippen molar-refractivity contribution < 1.29 is 22.7 Å². The summed E-state index contributed by atoms with van der Waals surface area (Å²) in [5.41, 5.74) is 0. The van der Waals surface area contributed by atoms with E-state index in [1.54, 1.807) is 0 Å². The van der Waals surface area contributed by atoms with E-state index in [1.807, 2.05) is 13.8 Å². The summed E-state index contributed by atoms with van der Waals surface area (Å²) in [7, 11) is 0. The standard InChI is InChI=1S/C17H31F3O2S/c1-4-5-7-10-15(16(21)22-13-14(2)3)23-12-9-6-8-11-17(18,19)20/h14-15H,4-13H2,1-3H3. The Bertz CT molecular complexity index is 307. The Morgan fingerprint density at radius 3 is 2.35 bits per heavy atom. The Balaban J connectivity index is 4.02. The summed E-state index contributed by atoms with van der Waals surface area (Å²) < 4.78 is 41.5. The first-order valence-corrected chi connectivity index (χ1v) is 9.66. The zero-order valence-electron chi connectivity index (χ0n) is 14.6. The average molecular weight is 356 g/mol. The van der Waals surface area contributed by atoms with Crippen LogP contribution in [0.15, 0.2) is 0 Å². The predicted molar refractivity (Wildman–Crippen MR) is 90.7 cm³/mol. The molecule has 1 atom stereocenters. The average Bonchev–Trinajstić information content (AvgIpc) is 2.45. The maximum atomic E-state index is 12.1. The first-order chi connectivity index (χ1) is 10.8. The molecule has 0 bridgehead atoms. The quantitative estimate of drug-likeness (QED) is 0.299. The van der Waals surface area contributed by atoms with E-state index in [2.05, 4.69) is 6.92 Å². The molecule has 2 nitrogen and oxygen atoms in total. The van der Waals surface area contributed by atoms with E-state index in [0.717, 1.165) is 25.7 Å². The van der Waals surface area contributed by atoms with Gasteiger partial charge in [-0.3, -0.25) is 4.79 Å². The highest BCUT2D eigenvalue weighted by Crippen LogP contribution is 2.25. The molecule has 6 heteroatoms. The van der Waals surface area contributed by atoms with Crippen LogP contribution in [-0.4, -0.2) is 29.8 Å². The molecule has 0 saturated carbocycles. The van der Waals surface area contributed by atoms with Crippen molar-refractivity contribution in [2.45, 2.75) is 83.6 Å². The number of hydrogen-bond acceptors (Lipinski definition) is 3. The molecular weight excluding hydrogens is 325 g/mol. The first-order valence-electron chi connectivity index (χ1n) is 8.61. The molecule has 0 aromatic carbocycles. The van der Waals surface area contributed by atoms with Crippen LogP contribution < -0.4 is 0 Å². The minimum atomic E-state index is -4.06. The largest absolute Gasteiger partial charge is 0.465 e. The van der Waals surface area contributed by atoms with Gasteiger partial charge in [0.05, 0.1) is 6.61 Å². The number of ether oxygens (including phenoxy) is 1. The van der Waals surface area contributed by atoms with Crippen LogP contribution in [0.3, 0.4) is 0 Å². The lowest BCUT2D eigenvalue weighted by Crippen LogP contribution is -2.22. The monoisotopic (exact) mass is 356 g/mol. The molecule has 0 N–H and O–H groups in total. The van der Waals surface area contributed by atoms with Crippen LogP contribution in [0.1, 0.15) is 72.1 Å². The third-order valence-electron chi connectivity index (χ3n) is 3.32. The van der Waals surface area contributed by atoms with Crippen molar-refractivity contribution in [2.24, 2.45) is 5.92 Å². The fourth-order valence-corrected chi connectivity index (χ4v) is 3.21. The molecule has 0 aliphatic heterocycles. The normalized spacial score (nSPS) is 13.3. The van der Waals surface area contributed by atoms with E-state index < -0.39 is 12.6 Å². The molecule has 0 aromatic heterocycles. The third-order valence-corrected chi connectivity index (χ3v) is 4.67. The van der Waals surface area contributed by atoms with Gasteiger partial charge in [-0.05, 0) is 30.9 Å². The molecule has 1 unspecified atom stereocenters. The SMILES string of the molecule is CCCCCC(SCCCCCC(F)(F)F)C(=O)OCC(C)C. The molecule has 138 valence electrons. The van der Waals surface area contributed by atoms with Crippen molar-refractivity contribution in [1.29, 1.82) is 0 Å². The van der Waals surface area contributed by atoms with Crippen LogP contribution in [0.25, 0.3) is 0 Å². The van der Waals surface area contributed by atoms with Gasteiger partial charge in [0.1, 0.15) is 5.25 Å². The second kappa shape index (κ2) is 13.0. The Morgan fingerprint density at radius 1 is 1.09 bits per heavy atom. The molecule has 0 heterocycles. The first kappa shape index (κ1) is 22.6. The van der Waals surface area contributed by atoms with Crippen LogP contribution in [0.2, 0.25) is 0 Å². The van der Waals surface area contributed by atoms with Crippen LogP contribution in [-0.2, 0) is 9.53 Å². The summed E-state index contributed by atoms with van der Waals surface area (Å²) in [5, 5.41) is -0.178.